The Labute approximate surface area is 127 Å². The molecular formula is C12H11ClF4N2OS. The quantitative estimate of drug-likeness (QED) is 0.602. The summed E-state index contributed by atoms with van der Waals surface area (Å²) in [5, 5.41) is 0. The van der Waals surface area contributed by atoms with E-state index in [2.05, 4.69) is 4.98 Å². The lowest BCUT2D eigenvalue weighted by molar-refractivity contribution is -0.0328. The van der Waals surface area contributed by atoms with Crippen molar-refractivity contribution >= 4 is 34.4 Å². The molecule has 2 rings (SSSR count). The van der Waals surface area contributed by atoms with Crippen LogP contribution in [-0.2, 0) is 12.4 Å². The van der Waals surface area contributed by atoms with Crippen LogP contribution in [-0.4, -0.2) is 27.9 Å². The maximum atomic E-state index is 13.6. The molecule has 0 saturated carbocycles. The summed E-state index contributed by atoms with van der Waals surface area (Å²) in [4.78, 5) is 4.13. The Morgan fingerprint density at radius 3 is 2.67 bits per heavy atom. The zero-order valence-electron chi connectivity index (χ0n) is 10.9. The highest BCUT2D eigenvalue weighted by molar-refractivity contribution is 8.00. The minimum Gasteiger partial charge on any atom is -0.494 e. The minimum atomic E-state index is -4.29. The molecule has 0 radical (unpaired) electrons. The van der Waals surface area contributed by atoms with Gasteiger partial charge in [0.1, 0.15) is 5.82 Å². The molecule has 0 spiro atoms. The van der Waals surface area contributed by atoms with E-state index in [1.807, 2.05) is 0 Å². The van der Waals surface area contributed by atoms with Crippen molar-refractivity contribution in [3.05, 3.63) is 23.8 Å². The van der Waals surface area contributed by atoms with E-state index in [0.29, 0.717) is 16.9 Å². The number of fused-ring (bicyclic) bond motifs is 1. The first kappa shape index (κ1) is 16.2. The number of hydrogen-bond acceptors (Lipinski definition) is 3. The Balaban J connectivity index is 2.35. The molecule has 1 aromatic carbocycles. The molecule has 0 amide bonds. The second kappa shape index (κ2) is 6.31. The highest BCUT2D eigenvalue weighted by atomic mass is 35.5. The van der Waals surface area contributed by atoms with Crippen molar-refractivity contribution in [2.45, 2.75) is 17.9 Å². The third-order valence-corrected chi connectivity index (χ3v) is 3.75. The van der Waals surface area contributed by atoms with Crippen LogP contribution in [0.3, 0.4) is 0 Å². The molecular weight excluding hydrogens is 332 g/mol. The molecule has 0 N–H and O–H groups in total. The van der Waals surface area contributed by atoms with Crippen molar-refractivity contribution in [3.63, 3.8) is 0 Å². The molecule has 3 nitrogen and oxygen atoms in total. The van der Waals surface area contributed by atoms with Crippen LogP contribution in [0.25, 0.3) is 11.0 Å². The smallest absolute Gasteiger partial charge is 0.441 e. The van der Waals surface area contributed by atoms with Gasteiger partial charge >= 0.3 is 5.51 Å². The van der Waals surface area contributed by atoms with Gasteiger partial charge in [0.25, 0.3) is 0 Å². The van der Waals surface area contributed by atoms with Gasteiger partial charge in [-0.1, -0.05) is 0 Å². The summed E-state index contributed by atoms with van der Waals surface area (Å²) < 4.78 is 56.6. The van der Waals surface area contributed by atoms with Crippen molar-refractivity contribution in [2.24, 2.45) is 0 Å². The van der Waals surface area contributed by atoms with E-state index in [1.54, 1.807) is 4.57 Å². The van der Waals surface area contributed by atoms with Crippen molar-refractivity contribution in [1.82, 2.24) is 9.55 Å². The molecule has 1 heterocycles. The van der Waals surface area contributed by atoms with Crippen molar-refractivity contribution < 1.29 is 22.3 Å². The maximum Gasteiger partial charge on any atom is 0.441 e. The Bertz CT molecular complexity index is 644. The SMILES string of the molecule is COc1cc2c(cc1F)nc(CCl)n2CCSC(F)(F)F. The Morgan fingerprint density at radius 1 is 1.38 bits per heavy atom. The molecule has 0 aliphatic heterocycles. The molecule has 0 bridgehead atoms. The molecule has 116 valence electrons. The van der Waals surface area contributed by atoms with Crippen LogP contribution in [0.1, 0.15) is 5.82 Å². The largest absolute Gasteiger partial charge is 0.494 e. The number of methoxy groups -OCH3 is 1. The number of rotatable bonds is 5. The molecule has 0 unspecified atom stereocenters. The standard InChI is InChI=1S/C12H11ClF4N2OS/c1-20-10-5-9-8(4-7(10)14)18-11(6-13)19(9)2-3-21-12(15,16)17/h4-5H,2-3,6H2,1H3. The number of aromatic nitrogens is 2. The van der Waals surface area contributed by atoms with Crippen LogP contribution in [0.4, 0.5) is 17.6 Å². The van der Waals surface area contributed by atoms with Gasteiger partial charge in [0.2, 0.25) is 0 Å². The lowest BCUT2D eigenvalue weighted by Crippen LogP contribution is -2.09. The van der Waals surface area contributed by atoms with Gasteiger partial charge in [-0.05, 0) is 11.8 Å². The van der Waals surface area contributed by atoms with E-state index in [4.69, 9.17) is 16.3 Å². The number of nitrogens with zero attached hydrogens (tertiary/aromatic N) is 2. The zero-order valence-corrected chi connectivity index (χ0v) is 12.4. The Morgan fingerprint density at radius 2 is 2.10 bits per heavy atom. The van der Waals surface area contributed by atoms with Gasteiger partial charge in [-0.15, -0.1) is 11.6 Å². The van der Waals surface area contributed by atoms with Crippen LogP contribution >= 0.6 is 23.4 Å². The molecule has 0 aliphatic carbocycles. The van der Waals surface area contributed by atoms with Gasteiger partial charge in [0.15, 0.2) is 11.6 Å². The Kier molecular flexibility index (Phi) is 4.88. The summed E-state index contributed by atoms with van der Waals surface area (Å²) in [7, 11) is 1.31. The van der Waals surface area contributed by atoms with E-state index in [-0.39, 0.29) is 35.7 Å². The van der Waals surface area contributed by atoms with Crippen LogP contribution in [0.5, 0.6) is 5.75 Å². The van der Waals surface area contributed by atoms with E-state index in [9.17, 15) is 17.6 Å². The summed E-state index contributed by atoms with van der Waals surface area (Å²) in [5.41, 5.74) is -3.46. The number of benzene rings is 1. The van der Waals surface area contributed by atoms with Gasteiger partial charge < -0.3 is 9.30 Å². The number of hydrogen-bond donors (Lipinski definition) is 0. The first-order valence-corrected chi connectivity index (χ1v) is 7.37. The predicted octanol–water partition coefficient (Wildman–Crippen LogP) is 4.18. The maximum absolute atomic E-state index is 13.6. The summed E-state index contributed by atoms with van der Waals surface area (Å²) in [6, 6.07) is 2.59. The molecule has 1 aromatic heterocycles. The number of alkyl halides is 4. The normalized spacial score (nSPS) is 12.1. The molecule has 0 fully saturated rings. The van der Waals surface area contributed by atoms with Crippen LogP contribution in [0.15, 0.2) is 12.1 Å². The highest BCUT2D eigenvalue weighted by Gasteiger charge is 2.27. The average Bonchev–Trinajstić information content (AvgIpc) is 2.73. The predicted molar refractivity (Wildman–Crippen MR) is 74.3 cm³/mol. The van der Waals surface area contributed by atoms with Gasteiger partial charge in [0, 0.05) is 24.4 Å². The second-order valence-corrected chi connectivity index (χ2v) is 5.51. The summed E-state index contributed by atoms with van der Waals surface area (Å²) >= 11 is 5.62. The fourth-order valence-corrected chi connectivity index (χ4v) is 2.65. The van der Waals surface area contributed by atoms with E-state index < -0.39 is 11.3 Å². The molecule has 21 heavy (non-hydrogen) atoms. The first-order chi connectivity index (χ1) is 9.85. The monoisotopic (exact) mass is 342 g/mol. The van der Waals surface area contributed by atoms with Crippen molar-refractivity contribution in [1.29, 1.82) is 0 Å². The first-order valence-electron chi connectivity index (χ1n) is 5.85. The Hall–Kier alpha value is -1.15. The number of ether oxygens (including phenoxy) is 1. The second-order valence-electron chi connectivity index (χ2n) is 4.08. The van der Waals surface area contributed by atoms with E-state index in [0.717, 1.165) is 0 Å². The third kappa shape index (κ3) is 3.74. The minimum absolute atomic E-state index is 0.00764. The lowest BCUT2D eigenvalue weighted by atomic mass is 10.3. The van der Waals surface area contributed by atoms with Crippen molar-refractivity contribution in [3.8, 4) is 5.75 Å². The van der Waals surface area contributed by atoms with Gasteiger partial charge in [0.05, 0.1) is 24.0 Å². The topological polar surface area (TPSA) is 27.1 Å². The average molecular weight is 343 g/mol. The van der Waals surface area contributed by atoms with Crippen LogP contribution < -0.4 is 4.74 Å². The molecule has 0 aliphatic rings. The van der Waals surface area contributed by atoms with Crippen LogP contribution in [0, 0.1) is 5.82 Å². The zero-order chi connectivity index (χ0) is 15.6. The summed E-state index contributed by atoms with van der Waals surface area (Å²) in [6.45, 7) is 0.0670. The van der Waals surface area contributed by atoms with Gasteiger partial charge in [-0.25, -0.2) is 9.37 Å². The molecule has 0 saturated heterocycles. The molecule has 2 aromatic rings. The number of halogens is 5. The molecule has 0 atom stereocenters. The fourth-order valence-electron chi connectivity index (χ4n) is 1.94. The third-order valence-electron chi connectivity index (χ3n) is 2.80. The van der Waals surface area contributed by atoms with Crippen LogP contribution in [0.2, 0.25) is 0 Å². The summed E-state index contributed by atoms with van der Waals surface area (Å²) in [5.74, 6) is -0.343. The fraction of sp³-hybridized carbons (Fsp3) is 0.417. The van der Waals surface area contributed by atoms with Gasteiger partial charge in [-0.2, -0.15) is 13.2 Å². The van der Waals surface area contributed by atoms with Crippen molar-refractivity contribution in [2.75, 3.05) is 12.9 Å². The number of thioether (sulfide) groups is 1. The lowest BCUT2D eigenvalue weighted by Gasteiger charge is -2.10. The number of aryl methyl sites for hydroxylation is 1. The van der Waals surface area contributed by atoms with Gasteiger partial charge in [-0.3, -0.25) is 0 Å². The summed E-state index contributed by atoms with van der Waals surface area (Å²) in [6.07, 6.45) is 0. The van der Waals surface area contributed by atoms with E-state index in [1.165, 1.54) is 19.2 Å². The highest BCUT2D eigenvalue weighted by Crippen LogP contribution is 2.31. The van der Waals surface area contributed by atoms with E-state index >= 15 is 0 Å². The number of imidazole rings is 1. The molecule has 9 heteroatoms.